The summed E-state index contributed by atoms with van der Waals surface area (Å²) in [6.07, 6.45) is 0. The minimum absolute atomic E-state index is 0.0703. The number of benzene rings is 2. The Balaban J connectivity index is 2.26. The SMILES string of the molecule is Cc1cccc(NC(=O)c2ccc(Br)c(N)c2)c1O. The summed E-state index contributed by atoms with van der Waals surface area (Å²) in [4.78, 5) is 12.0. The van der Waals surface area contributed by atoms with Gasteiger partial charge in [-0.25, -0.2) is 0 Å². The zero-order chi connectivity index (χ0) is 14.0. The number of aryl methyl sites for hydroxylation is 1. The predicted molar refractivity (Wildman–Crippen MR) is 79.4 cm³/mol. The maximum absolute atomic E-state index is 12.0. The fourth-order valence-electron chi connectivity index (χ4n) is 1.64. The molecule has 0 spiro atoms. The molecular weight excluding hydrogens is 308 g/mol. The molecule has 2 aromatic rings. The Bertz CT molecular complexity index is 641. The van der Waals surface area contributed by atoms with Gasteiger partial charge >= 0.3 is 0 Å². The van der Waals surface area contributed by atoms with Crippen molar-refractivity contribution in [3.63, 3.8) is 0 Å². The molecule has 4 nitrogen and oxygen atoms in total. The third-order valence-corrected chi connectivity index (χ3v) is 3.47. The molecule has 0 saturated carbocycles. The number of hydrogen-bond donors (Lipinski definition) is 3. The van der Waals surface area contributed by atoms with Crippen LogP contribution in [0.3, 0.4) is 0 Å². The van der Waals surface area contributed by atoms with Crippen LogP contribution in [0, 0.1) is 6.92 Å². The Hall–Kier alpha value is -2.01. The normalized spacial score (nSPS) is 10.2. The van der Waals surface area contributed by atoms with E-state index in [1.165, 1.54) is 0 Å². The second kappa shape index (κ2) is 5.32. The van der Waals surface area contributed by atoms with Crippen molar-refractivity contribution in [2.24, 2.45) is 0 Å². The average Bonchev–Trinajstić information content (AvgIpc) is 2.38. The largest absolute Gasteiger partial charge is 0.505 e. The van der Waals surface area contributed by atoms with E-state index in [-0.39, 0.29) is 11.7 Å². The first kappa shape index (κ1) is 13.4. The highest BCUT2D eigenvalue weighted by molar-refractivity contribution is 9.10. The first-order valence-electron chi connectivity index (χ1n) is 5.64. The lowest BCUT2D eigenvalue weighted by atomic mass is 10.1. The molecule has 0 aliphatic carbocycles. The lowest BCUT2D eigenvalue weighted by Gasteiger charge is -2.09. The summed E-state index contributed by atoms with van der Waals surface area (Å²) in [5, 5.41) is 12.5. The van der Waals surface area contributed by atoms with E-state index in [2.05, 4.69) is 21.2 Å². The number of para-hydroxylation sites is 1. The molecule has 0 radical (unpaired) electrons. The Labute approximate surface area is 119 Å². The van der Waals surface area contributed by atoms with E-state index in [0.717, 1.165) is 4.47 Å². The number of rotatable bonds is 2. The van der Waals surface area contributed by atoms with Crippen molar-refractivity contribution in [1.82, 2.24) is 0 Å². The van der Waals surface area contributed by atoms with Gasteiger partial charge in [0.05, 0.1) is 5.69 Å². The molecule has 0 aliphatic rings. The van der Waals surface area contributed by atoms with Gasteiger partial charge in [0.2, 0.25) is 0 Å². The molecule has 98 valence electrons. The second-order valence-corrected chi connectivity index (χ2v) is 5.02. The summed E-state index contributed by atoms with van der Waals surface area (Å²) in [6, 6.07) is 10.1. The molecule has 0 aliphatic heterocycles. The van der Waals surface area contributed by atoms with Gasteiger partial charge in [-0.05, 0) is 52.7 Å². The second-order valence-electron chi connectivity index (χ2n) is 4.16. The molecule has 0 unspecified atom stereocenters. The van der Waals surface area contributed by atoms with Gasteiger partial charge < -0.3 is 16.2 Å². The van der Waals surface area contributed by atoms with Crippen molar-refractivity contribution in [1.29, 1.82) is 0 Å². The summed E-state index contributed by atoms with van der Waals surface area (Å²) in [5.74, 6) is -0.249. The van der Waals surface area contributed by atoms with Gasteiger partial charge in [0, 0.05) is 15.7 Å². The standard InChI is InChI=1S/C14H13BrN2O2/c1-8-3-2-4-12(13(8)18)17-14(19)9-5-6-10(15)11(16)7-9/h2-7,18H,16H2,1H3,(H,17,19). The number of carbonyl (C=O) groups excluding carboxylic acids is 1. The van der Waals surface area contributed by atoms with E-state index in [9.17, 15) is 9.90 Å². The van der Waals surface area contributed by atoms with E-state index < -0.39 is 0 Å². The molecule has 1 amide bonds. The highest BCUT2D eigenvalue weighted by Gasteiger charge is 2.11. The molecule has 0 heterocycles. The maximum Gasteiger partial charge on any atom is 0.255 e. The minimum Gasteiger partial charge on any atom is -0.505 e. The number of phenols is 1. The Morgan fingerprint density at radius 1 is 1.32 bits per heavy atom. The highest BCUT2D eigenvalue weighted by Crippen LogP contribution is 2.27. The van der Waals surface area contributed by atoms with Crippen LogP contribution in [0.15, 0.2) is 40.9 Å². The summed E-state index contributed by atoms with van der Waals surface area (Å²) in [7, 11) is 0. The van der Waals surface area contributed by atoms with Crippen LogP contribution in [-0.2, 0) is 0 Å². The zero-order valence-electron chi connectivity index (χ0n) is 10.3. The molecule has 0 saturated heterocycles. The number of nitrogens with two attached hydrogens (primary N) is 1. The van der Waals surface area contributed by atoms with Crippen molar-refractivity contribution in [2.75, 3.05) is 11.1 Å². The number of hydrogen-bond acceptors (Lipinski definition) is 3. The molecule has 2 aromatic carbocycles. The van der Waals surface area contributed by atoms with E-state index >= 15 is 0 Å². The third kappa shape index (κ3) is 2.88. The minimum atomic E-state index is -0.319. The predicted octanol–water partition coefficient (Wildman–Crippen LogP) is 3.30. The quantitative estimate of drug-likeness (QED) is 0.587. The molecule has 0 atom stereocenters. The van der Waals surface area contributed by atoms with Crippen LogP contribution in [0.25, 0.3) is 0 Å². The van der Waals surface area contributed by atoms with Crippen molar-refractivity contribution in [3.8, 4) is 5.75 Å². The van der Waals surface area contributed by atoms with E-state index in [4.69, 9.17) is 5.73 Å². The fourth-order valence-corrected chi connectivity index (χ4v) is 1.89. The van der Waals surface area contributed by atoms with Crippen LogP contribution in [0.5, 0.6) is 5.75 Å². The first-order chi connectivity index (χ1) is 8.99. The van der Waals surface area contributed by atoms with Crippen molar-refractivity contribution in [2.45, 2.75) is 6.92 Å². The van der Waals surface area contributed by atoms with Gasteiger partial charge in [0.15, 0.2) is 0 Å². The molecule has 19 heavy (non-hydrogen) atoms. The summed E-state index contributed by atoms with van der Waals surface area (Å²) >= 11 is 3.27. The van der Waals surface area contributed by atoms with Gasteiger partial charge in [-0.15, -0.1) is 0 Å². The van der Waals surface area contributed by atoms with Crippen LogP contribution in [0.1, 0.15) is 15.9 Å². The number of anilines is 2. The Morgan fingerprint density at radius 2 is 2.05 bits per heavy atom. The Kier molecular flexibility index (Phi) is 3.76. The number of nitrogen functional groups attached to an aromatic ring is 1. The molecule has 0 aromatic heterocycles. The lowest BCUT2D eigenvalue weighted by Crippen LogP contribution is -2.12. The molecule has 2 rings (SSSR count). The first-order valence-corrected chi connectivity index (χ1v) is 6.43. The van der Waals surface area contributed by atoms with Gasteiger partial charge in [-0.2, -0.15) is 0 Å². The summed E-state index contributed by atoms with van der Waals surface area (Å²) < 4.78 is 0.738. The van der Waals surface area contributed by atoms with E-state index in [0.29, 0.717) is 22.5 Å². The number of nitrogens with one attached hydrogen (secondary N) is 1. The van der Waals surface area contributed by atoms with Gasteiger partial charge in [0.1, 0.15) is 5.75 Å². The highest BCUT2D eigenvalue weighted by atomic mass is 79.9. The molecule has 5 heteroatoms. The summed E-state index contributed by atoms with van der Waals surface area (Å²) in [5.41, 5.74) is 7.73. The van der Waals surface area contributed by atoms with Crippen molar-refractivity contribution in [3.05, 3.63) is 52.0 Å². The van der Waals surface area contributed by atoms with Gasteiger partial charge in [0.25, 0.3) is 5.91 Å². The van der Waals surface area contributed by atoms with Crippen molar-refractivity contribution < 1.29 is 9.90 Å². The van der Waals surface area contributed by atoms with Gasteiger partial charge in [-0.3, -0.25) is 4.79 Å². The van der Waals surface area contributed by atoms with Crippen LogP contribution in [0.4, 0.5) is 11.4 Å². The molecule has 0 bridgehead atoms. The smallest absolute Gasteiger partial charge is 0.255 e. The fraction of sp³-hybridized carbons (Fsp3) is 0.0714. The van der Waals surface area contributed by atoms with Crippen LogP contribution < -0.4 is 11.1 Å². The van der Waals surface area contributed by atoms with E-state index in [1.807, 2.05) is 0 Å². The monoisotopic (exact) mass is 320 g/mol. The lowest BCUT2D eigenvalue weighted by molar-refractivity contribution is 0.102. The number of aromatic hydroxyl groups is 1. The van der Waals surface area contributed by atoms with E-state index in [1.54, 1.807) is 43.3 Å². The molecular formula is C14H13BrN2O2. The van der Waals surface area contributed by atoms with Crippen LogP contribution >= 0.6 is 15.9 Å². The average molecular weight is 321 g/mol. The number of amides is 1. The number of halogens is 1. The van der Waals surface area contributed by atoms with Crippen molar-refractivity contribution >= 4 is 33.2 Å². The topological polar surface area (TPSA) is 75.4 Å². The number of phenolic OH excluding ortho intramolecular Hbond substituents is 1. The summed E-state index contributed by atoms with van der Waals surface area (Å²) in [6.45, 7) is 1.77. The third-order valence-electron chi connectivity index (χ3n) is 2.74. The molecule has 4 N–H and O–H groups in total. The Morgan fingerprint density at radius 3 is 2.74 bits per heavy atom. The maximum atomic E-state index is 12.0. The van der Waals surface area contributed by atoms with Gasteiger partial charge in [-0.1, -0.05) is 12.1 Å². The number of carbonyl (C=O) groups is 1. The molecule has 0 fully saturated rings. The van der Waals surface area contributed by atoms with Crippen LogP contribution in [0.2, 0.25) is 0 Å². The van der Waals surface area contributed by atoms with Crippen LogP contribution in [-0.4, -0.2) is 11.0 Å². The zero-order valence-corrected chi connectivity index (χ0v) is 11.9.